The molecule has 0 saturated carbocycles. The second kappa shape index (κ2) is 10.0. The number of carbonyl (C=O) groups is 1. The van der Waals surface area contributed by atoms with Crippen molar-refractivity contribution in [2.75, 3.05) is 14.1 Å². The fourth-order valence-corrected chi connectivity index (χ4v) is 0.829. The highest BCUT2D eigenvalue weighted by Crippen LogP contribution is 2.00. The van der Waals surface area contributed by atoms with Crippen molar-refractivity contribution in [2.24, 2.45) is 0 Å². The zero-order valence-corrected chi connectivity index (χ0v) is 12.5. The van der Waals surface area contributed by atoms with Gasteiger partial charge < -0.3 is 0 Å². The summed E-state index contributed by atoms with van der Waals surface area (Å²) in [6.07, 6.45) is 4.08. The number of hydrogen-bond donors (Lipinski definition) is 0. The molecule has 6 nitrogen and oxygen atoms in total. The van der Waals surface area contributed by atoms with E-state index in [1.807, 2.05) is 0 Å². The van der Waals surface area contributed by atoms with E-state index in [0.717, 1.165) is 4.31 Å². The molecule has 0 aliphatic heterocycles. The van der Waals surface area contributed by atoms with E-state index in [1.54, 1.807) is 0 Å². The molecule has 0 aromatic rings. The lowest BCUT2D eigenvalue weighted by atomic mass is 10.3. The summed E-state index contributed by atoms with van der Waals surface area (Å²) in [5.41, 5.74) is 0.0500. The summed E-state index contributed by atoms with van der Waals surface area (Å²) >= 11 is 0. The van der Waals surface area contributed by atoms with E-state index in [9.17, 15) is 13.2 Å². The van der Waals surface area contributed by atoms with Crippen LogP contribution in [0.5, 0.6) is 0 Å². The third kappa shape index (κ3) is 10.2. The van der Waals surface area contributed by atoms with E-state index in [1.165, 1.54) is 40.3 Å². The smallest absolute Gasteiger partial charge is 0.275 e. The van der Waals surface area contributed by atoms with Crippen molar-refractivity contribution in [3.63, 3.8) is 0 Å². The van der Waals surface area contributed by atoms with Gasteiger partial charge >= 0.3 is 16.3 Å². The average molecular weight is 281 g/mol. The van der Waals surface area contributed by atoms with Crippen LogP contribution in [-0.4, -0.2) is 32.8 Å². The Hall–Kier alpha value is -0.920. The fraction of sp³-hybridized carbons (Fsp3) is 0.727. The molecule has 0 rings (SSSR count). The second-order valence-electron chi connectivity index (χ2n) is 3.81. The normalized spacial score (nSPS) is 10.6. The number of nitrogens with zero attached hydrogens (tertiary/aromatic N) is 1. The van der Waals surface area contributed by atoms with Crippen molar-refractivity contribution in [1.82, 2.24) is 4.31 Å². The molecule has 0 aromatic heterocycles. The van der Waals surface area contributed by atoms with Crippen LogP contribution in [-0.2, 0) is 24.3 Å². The molecular formula is C11H23NO5S. The molecular weight excluding hydrogens is 258 g/mol. The molecule has 0 bridgehead atoms. The molecule has 0 aliphatic carbocycles. The van der Waals surface area contributed by atoms with E-state index in [0.29, 0.717) is 0 Å². The molecule has 0 unspecified atom stereocenters. The molecule has 108 valence electrons. The first-order valence-electron chi connectivity index (χ1n) is 5.67. The third-order valence-corrected chi connectivity index (χ3v) is 2.83. The van der Waals surface area contributed by atoms with Gasteiger partial charge in [-0.15, -0.1) is 0 Å². The molecule has 7 heteroatoms. The SMILES string of the molecule is C=C(C)C(=O)OOS(=O)(=O)N(C)C.CCCCC. The van der Waals surface area contributed by atoms with E-state index < -0.39 is 16.3 Å². The minimum atomic E-state index is -3.98. The van der Waals surface area contributed by atoms with Crippen LogP contribution in [0, 0.1) is 0 Å². The lowest BCUT2D eigenvalue weighted by Crippen LogP contribution is -2.25. The molecule has 0 heterocycles. The van der Waals surface area contributed by atoms with Crippen LogP contribution >= 0.6 is 0 Å². The van der Waals surface area contributed by atoms with Crippen LogP contribution in [0.2, 0.25) is 0 Å². The van der Waals surface area contributed by atoms with E-state index in [-0.39, 0.29) is 5.57 Å². The quantitative estimate of drug-likeness (QED) is 0.423. The Morgan fingerprint density at radius 2 is 1.67 bits per heavy atom. The maximum Gasteiger partial charge on any atom is 0.373 e. The molecule has 0 atom stereocenters. The summed E-state index contributed by atoms with van der Waals surface area (Å²) in [7, 11) is -1.50. The average Bonchev–Trinajstić information content (AvgIpc) is 2.27. The maximum atomic E-state index is 10.9. The van der Waals surface area contributed by atoms with Gasteiger partial charge in [-0.25, -0.2) is 4.79 Å². The number of hydrogen-bond acceptors (Lipinski definition) is 5. The molecule has 0 saturated heterocycles. The van der Waals surface area contributed by atoms with Gasteiger partial charge in [-0.1, -0.05) is 39.7 Å². The summed E-state index contributed by atoms with van der Waals surface area (Å²) in [6.45, 7) is 9.03. The molecule has 0 amide bonds. The standard InChI is InChI=1S/C6H11NO5S.C5H12/c1-5(2)6(8)11-12-13(9,10)7(3)4;1-3-5-4-2/h1H2,2-4H3;3-5H2,1-2H3. The number of rotatable bonds is 6. The lowest BCUT2D eigenvalue weighted by molar-refractivity contribution is -0.207. The van der Waals surface area contributed by atoms with Crippen LogP contribution < -0.4 is 0 Å². The van der Waals surface area contributed by atoms with Crippen LogP contribution in [0.1, 0.15) is 40.0 Å². The van der Waals surface area contributed by atoms with Crippen LogP contribution in [0.15, 0.2) is 12.2 Å². The highest BCUT2D eigenvalue weighted by atomic mass is 32.2. The van der Waals surface area contributed by atoms with Crippen molar-refractivity contribution in [3.8, 4) is 0 Å². The van der Waals surface area contributed by atoms with Gasteiger partial charge in [-0.3, -0.25) is 4.89 Å². The monoisotopic (exact) mass is 281 g/mol. The zero-order valence-electron chi connectivity index (χ0n) is 11.7. The van der Waals surface area contributed by atoms with Crippen molar-refractivity contribution in [2.45, 2.75) is 40.0 Å². The van der Waals surface area contributed by atoms with Gasteiger partial charge in [-0.05, 0) is 11.3 Å². The fourth-order valence-electron chi connectivity index (χ4n) is 0.559. The molecule has 0 fully saturated rings. The number of unbranched alkanes of at least 4 members (excludes halogenated alkanes) is 2. The molecule has 0 N–H and O–H groups in total. The summed E-state index contributed by atoms with van der Waals surface area (Å²) < 4.78 is 26.4. The van der Waals surface area contributed by atoms with Crippen molar-refractivity contribution in [1.29, 1.82) is 0 Å². The lowest BCUT2D eigenvalue weighted by Gasteiger charge is -2.08. The highest BCUT2D eigenvalue weighted by Gasteiger charge is 2.18. The predicted molar refractivity (Wildman–Crippen MR) is 69.8 cm³/mol. The van der Waals surface area contributed by atoms with Crippen LogP contribution in [0.25, 0.3) is 0 Å². The number of carbonyl (C=O) groups excluding carboxylic acids is 1. The van der Waals surface area contributed by atoms with E-state index >= 15 is 0 Å². The van der Waals surface area contributed by atoms with Gasteiger partial charge in [0.05, 0.1) is 0 Å². The Labute approximate surface area is 110 Å². The molecule has 0 spiro atoms. The first kappa shape index (κ1) is 19.4. The summed E-state index contributed by atoms with van der Waals surface area (Å²) in [4.78, 5) is 14.6. The Morgan fingerprint density at radius 3 is 1.89 bits per heavy atom. The van der Waals surface area contributed by atoms with Crippen molar-refractivity contribution in [3.05, 3.63) is 12.2 Å². The Morgan fingerprint density at radius 1 is 1.22 bits per heavy atom. The molecule has 0 aliphatic rings. The van der Waals surface area contributed by atoms with Crippen LogP contribution in [0.4, 0.5) is 0 Å². The maximum absolute atomic E-state index is 10.9. The molecule has 0 aromatic carbocycles. The minimum absolute atomic E-state index is 0.0500. The van der Waals surface area contributed by atoms with E-state index in [2.05, 4.69) is 29.6 Å². The zero-order chi connectivity index (χ0) is 14.8. The minimum Gasteiger partial charge on any atom is -0.275 e. The Kier molecular flexibility index (Phi) is 10.8. The topological polar surface area (TPSA) is 72.9 Å². The molecule has 0 radical (unpaired) electrons. The Bertz CT molecular complexity index is 346. The van der Waals surface area contributed by atoms with Gasteiger partial charge in [0.1, 0.15) is 0 Å². The van der Waals surface area contributed by atoms with Crippen LogP contribution in [0.3, 0.4) is 0 Å². The van der Waals surface area contributed by atoms with Gasteiger partial charge in [0, 0.05) is 19.7 Å². The first-order valence-corrected chi connectivity index (χ1v) is 7.03. The summed E-state index contributed by atoms with van der Waals surface area (Å²) in [5, 5.41) is 0. The van der Waals surface area contributed by atoms with Gasteiger partial charge in [0.2, 0.25) is 0 Å². The van der Waals surface area contributed by atoms with Crippen molar-refractivity contribution >= 4 is 16.3 Å². The molecule has 18 heavy (non-hydrogen) atoms. The van der Waals surface area contributed by atoms with Gasteiger partial charge in [0.15, 0.2) is 0 Å². The second-order valence-corrected chi connectivity index (χ2v) is 5.53. The largest absolute Gasteiger partial charge is 0.373 e. The third-order valence-electron chi connectivity index (χ3n) is 1.70. The summed E-state index contributed by atoms with van der Waals surface area (Å²) in [6, 6.07) is 0. The van der Waals surface area contributed by atoms with Gasteiger partial charge in [0.25, 0.3) is 0 Å². The first-order chi connectivity index (χ1) is 8.18. The van der Waals surface area contributed by atoms with Crippen molar-refractivity contribution < 1.29 is 22.4 Å². The van der Waals surface area contributed by atoms with E-state index in [4.69, 9.17) is 0 Å². The van der Waals surface area contributed by atoms with Gasteiger partial charge in [-0.2, -0.15) is 12.7 Å². The summed E-state index contributed by atoms with van der Waals surface area (Å²) in [5.74, 6) is -0.926. The Balaban J connectivity index is 0. The predicted octanol–water partition coefficient (Wildman–Crippen LogP) is 2.04. The highest BCUT2D eigenvalue weighted by molar-refractivity contribution is 7.84.